The van der Waals surface area contributed by atoms with Crippen LogP contribution >= 0.6 is 0 Å². The van der Waals surface area contributed by atoms with Gasteiger partial charge in [-0.15, -0.1) is 0 Å². The summed E-state index contributed by atoms with van der Waals surface area (Å²) in [5.41, 5.74) is 18.2. The van der Waals surface area contributed by atoms with Gasteiger partial charge in [0.25, 0.3) is 0 Å². The molecule has 3 heterocycles. The number of anilines is 6. The Bertz CT molecular complexity index is 4200. The molecule has 5 nitrogen and oxygen atoms in total. The van der Waals surface area contributed by atoms with Crippen LogP contribution in [0.5, 0.6) is 11.5 Å². The molecular weight excluding hydrogens is 881 g/mol. The number of ether oxygens (including phenoxy) is 1. The van der Waals surface area contributed by atoms with Crippen LogP contribution < -0.4 is 14.5 Å². The quantitative estimate of drug-likeness (QED) is 0.159. The molecule has 5 heteroatoms. The van der Waals surface area contributed by atoms with E-state index in [0.29, 0.717) is 0 Å². The summed E-state index contributed by atoms with van der Waals surface area (Å²) < 4.78 is 20.0. The minimum absolute atomic E-state index is 0.582. The zero-order chi connectivity index (χ0) is 47.3. The topological polar surface area (TPSA) is 42.0 Å². The van der Waals surface area contributed by atoms with Crippen molar-refractivity contribution in [1.82, 2.24) is 0 Å². The Morgan fingerprint density at radius 1 is 0.292 bits per heavy atom. The first-order valence-corrected chi connectivity index (χ1v) is 24.5. The first-order chi connectivity index (χ1) is 35.7. The van der Waals surface area contributed by atoms with Crippen molar-refractivity contribution in [2.24, 2.45) is 0 Å². The van der Waals surface area contributed by atoms with Crippen LogP contribution in [-0.4, -0.2) is 0 Å². The second-order valence-electron chi connectivity index (χ2n) is 18.8. The van der Waals surface area contributed by atoms with Crippen LogP contribution in [0.2, 0.25) is 0 Å². The molecule has 0 amide bonds. The lowest BCUT2D eigenvalue weighted by molar-refractivity contribution is 0.436. The maximum Gasteiger partial charge on any atom is 0.139 e. The smallest absolute Gasteiger partial charge is 0.139 e. The van der Waals surface area contributed by atoms with E-state index in [1.165, 1.54) is 22.3 Å². The highest BCUT2D eigenvalue weighted by molar-refractivity contribution is 6.15. The van der Waals surface area contributed by atoms with Crippen LogP contribution in [0.3, 0.4) is 0 Å². The highest BCUT2D eigenvalue weighted by atomic mass is 16.5. The van der Waals surface area contributed by atoms with Crippen LogP contribution in [0.4, 0.5) is 34.1 Å². The summed E-state index contributed by atoms with van der Waals surface area (Å²) in [6.45, 7) is 0. The highest BCUT2D eigenvalue weighted by Crippen LogP contribution is 2.62. The molecule has 0 unspecified atom stereocenters. The van der Waals surface area contributed by atoms with Gasteiger partial charge in [0.2, 0.25) is 0 Å². The minimum Gasteiger partial charge on any atom is -0.457 e. The fourth-order valence-electron chi connectivity index (χ4n) is 11.9. The maximum absolute atomic E-state index is 6.88. The van der Waals surface area contributed by atoms with Crippen molar-refractivity contribution in [2.75, 3.05) is 9.80 Å². The molecule has 0 saturated carbocycles. The second-order valence-corrected chi connectivity index (χ2v) is 18.8. The molecule has 0 atom stereocenters. The van der Waals surface area contributed by atoms with E-state index in [4.69, 9.17) is 13.6 Å². The first-order valence-electron chi connectivity index (χ1n) is 24.5. The largest absolute Gasteiger partial charge is 0.457 e. The second kappa shape index (κ2) is 15.7. The predicted molar refractivity (Wildman–Crippen MR) is 293 cm³/mol. The van der Waals surface area contributed by atoms with Crippen molar-refractivity contribution in [3.05, 3.63) is 277 Å². The van der Waals surface area contributed by atoms with Gasteiger partial charge in [0.05, 0.1) is 22.2 Å². The van der Waals surface area contributed by atoms with Gasteiger partial charge >= 0.3 is 0 Å². The van der Waals surface area contributed by atoms with Gasteiger partial charge < -0.3 is 23.4 Å². The number of para-hydroxylation sites is 6. The van der Waals surface area contributed by atoms with Gasteiger partial charge in [-0.2, -0.15) is 0 Å². The van der Waals surface area contributed by atoms with E-state index in [9.17, 15) is 0 Å². The Morgan fingerprint density at radius 2 is 0.847 bits per heavy atom. The van der Waals surface area contributed by atoms with Crippen molar-refractivity contribution < 1.29 is 13.6 Å². The molecule has 338 valence electrons. The van der Waals surface area contributed by atoms with E-state index in [1.54, 1.807) is 0 Å². The number of hydrogen-bond acceptors (Lipinski definition) is 5. The van der Waals surface area contributed by atoms with Crippen molar-refractivity contribution in [3.8, 4) is 33.8 Å². The molecule has 1 aliphatic carbocycles. The van der Waals surface area contributed by atoms with Crippen molar-refractivity contribution in [1.29, 1.82) is 0 Å². The molecule has 1 spiro atoms. The number of furan rings is 2. The monoisotopic (exact) mass is 922 g/mol. The summed E-state index contributed by atoms with van der Waals surface area (Å²) in [6, 6.07) is 90.9. The van der Waals surface area contributed by atoms with Crippen molar-refractivity contribution in [2.45, 2.75) is 5.41 Å². The molecule has 72 heavy (non-hydrogen) atoms. The molecule has 0 bridgehead atoms. The third-order valence-electron chi connectivity index (χ3n) is 14.9. The van der Waals surface area contributed by atoms with Gasteiger partial charge in [-0.3, -0.25) is 0 Å². The van der Waals surface area contributed by atoms with Gasteiger partial charge in [-0.1, -0.05) is 158 Å². The summed E-state index contributed by atoms with van der Waals surface area (Å²) in [7, 11) is 0. The van der Waals surface area contributed by atoms with Crippen LogP contribution in [0.1, 0.15) is 22.3 Å². The van der Waals surface area contributed by atoms with Gasteiger partial charge in [0, 0.05) is 56.1 Å². The lowest BCUT2D eigenvalue weighted by Crippen LogP contribution is -2.32. The Hall–Kier alpha value is -9.58. The average molecular weight is 923 g/mol. The van der Waals surface area contributed by atoms with Crippen molar-refractivity contribution >= 4 is 78.0 Å². The molecule has 2 aromatic heterocycles. The van der Waals surface area contributed by atoms with Gasteiger partial charge in [-0.25, -0.2) is 0 Å². The highest BCUT2D eigenvalue weighted by Gasteiger charge is 2.51. The van der Waals surface area contributed by atoms with Gasteiger partial charge in [0.1, 0.15) is 33.8 Å². The SMILES string of the molecule is c1ccc(N(c2ccccc2)c2cc(N(c3cccc(-c4ccc5c(c4)C4(c6ccccc6Oc6ccccc64)c4ccccc4-5)c3)c3ccc4oc5ccccc5c4c3)cc3oc4ccccc4c23)cc1. The number of benzene rings is 11. The Labute approximate surface area is 415 Å². The normalized spacial score (nSPS) is 12.9. The zero-order valence-corrected chi connectivity index (χ0v) is 38.9. The molecular formula is C67H42N2O3. The zero-order valence-electron chi connectivity index (χ0n) is 38.9. The molecule has 0 saturated heterocycles. The van der Waals surface area contributed by atoms with Crippen LogP contribution in [0.15, 0.2) is 264 Å². The number of rotatable bonds is 7. The predicted octanol–water partition coefficient (Wildman–Crippen LogP) is 18.6. The Morgan fingerprint density at radius 3 is 1.60 bits per heavy atom. The summed E-state index contributed by atoms with van der Waals surface area (Å²) >= 11 is 0. The fourth-order valence-corrected chi connectivity index (χ4v) is 11.9. The molecule has 11 aromatic carbocycles. The summed E-state index contributed by atoms with van der Waals surface area (Å²) in [5.74, 6) is 1.76. The lowest BCUT2D eigenvalue weighted by Gasteiger charge is -2.39. The summed E-state index contributed by atoms with van der Waals surface area (Å²) in [4.78, 5) is 4.71. The third kappa shape index (κ3) is 5.95. The molecule has 2 aliphatic rings. The van der Waals surface area contributed by atoms with Gasteiger partial charge in [0.15, 0.2) is 0 Å². The molecule has 0 radical (unpaired) electrons. The van der Waals surface area contributed by atoms with Crippen LogP contribution in [0, 0.1) is 0 Å². The molecule has 0 fully saturated rings. The maximum atomic E-state index is 6.88. The van der Waals surface area contributed by atoms with E-state index >= 15 is 0 Å². The molecule has 1 aliphatic heterocycles. The average Bonchev–Trinajstić information content (AvgIpc) is 4.10. The first kappa shape index (κ1) is 40.3. The Kier molecular flexibility index (Phi) is 8.80. The number of fused-ring (bicyclic) bond motifs is 15. The van der Waals surface area contributed by atoms with E-state index in [1.807, 2.05) is 18.2 Å². The van der Waals surface area contributed by atoms with E-state index in [0.717, 1.165) is 112 Å². The fraction of sp³-hybridized carbons (Fsp3) is 0.0149. The number of nitrogens with zero attached hydrogens (tertiary/aromatic N) is 2. The van der Waals surface area contributed by atoms with E-state index < -0.39 is 5.41 Å². The van der Waals surface area contributed by atoms with Crippen LogP contribution in [-0.2, 0) is 5.41 Å². The minimum atomic E-state index is -0.582. The standard InChI is InChI=1S/C67H42N2O3/c1-3-19-45(20-4-1)69(46-21-5-2-6-22-46)59-41-49(42-65-66(59)53-26-9-14-31-61(53)71-65)68(48-35-37-62-54(40-48)52-25-8-13-30-60(52)70-62)47-23-17-18-43(38-47)44-34-36-51-50-24-7-10-27-55(50)67(58(51)39-44)56-28-11-15-32-63(56)72-64-33-16-12-29-57(64)67/h1-42H. The summed E-state index contributed by atoms with van der Waals surface area (Å²) in [6.07, 6.45) is 0. The third-order valence-corrected chi connectivity index (χ3v) is 14.9. The molecule has 15 rings (SSSR count). The van der Waals surface area contributed by atoms with Crippen LogP contribution in [0.25, 0.3) is 66.1 Å². The lowest BCUT2D eigenvalue weighted by atomic mass is 9.66. The molecule has 0 N–H and O–H groups in total. The number of hydrogen-bond donors (Lipinski definition) is 0. The molecule has 13 aromatic rings. The van der Waals surface area contributed by atoms with Gasteiger partial charge in [-0.05, 0) is 124 Å². The van der Waals surface area contributed by atoms with E-state index in [-0.39, 0.29) is 0 Å². The van der Waals surface area contributed by atoms with E-state index in [2.05, 4.69) is 246 Å². The summed E-state index contributed by atoms with van der Waals surface area (Å²) in [5, 5.41) is 4.21. The Balaban J connectivity index is 0.970. The van der Waals surface area contributed by atoms with Crippen molar-refractivity contribution in [3.63, 3.8) is 0 Å².